The Hall–Kier alpha value is -1.90. The Morgan fingerprint density at radius 2 is 2.08 bits per heavy atom. The minimum Gasteiger partial charge on any atom is -0.472 e. The molecule has 0 radical (unpaired) electrons. The van der Waals surface area contributed by atoms with Gasteiger partial charge in [-0.25, -0.2) is 8.42 Å². The summed E-state index contributed by atoms with van der Waals surface area (Å²) in [5.41, 5.74) is 0.558. The van der Waals surface area contributed by atoms with Crippen LogP contribution in [-0.2, 0) is 10.0 Å². The van der Waals surface area contributed by atoms with E-state index in [1.54, 1.807) is 31.3 Å². The molecule has 0 aliphatic carbocycles. The molecule has 2 aromatic rings. The summed E-state index contributed by atoms with van der Waals surface area (Å²) in [6, 6.07) is 4.91. The standard InChI is InChI=1S/C17H21ClN4O3S/c1-12-14(18)5-4-6-15(12)26(23,24)22-8-7-13(11-22)25-17-10-19-9-16(20-17)21(2)3/h4-6,9-10,13H,7-8,11H2,1-3H3. The van der Waals surface area contributed by atoms with Crippen molar-refractivity contribution < 1.29 is 13.2 Å². The fraction of sp³-hybridized carbons (Fsp3) is 0.412. The van der Waals surface area contributed by atoms with Crippen molar-refractivity contribution in [1.29, 1.82) is 0 Å². The van der Waals surface area contributed by atoms with Crippen LogP contribution in [0, 0.1) is 6.92 Å². The molecule has 1 unspecified atom stereocenters. The third-order valence-corrected chi connectivity index (χ3v) is 6.71. The number of rotatable bonds is 5. The van der Waals surface area contributed by atoms with Crippen LogP contribution in [-0.4, -0.2) is 56.0 Å². The van der Waals surface area contributed by atoms with Crippen LogP contribution in [0.2, 0.25) is 5.02 Å². The molecule has 0 spiro atoms. The van der Waals surface area contributed by atoms with Crippen molar-refractivity contribution >= 4 is 27.4 Å². The summed E-state index contributed by atoms with van der Waals surface area (Å²) in [5.74, 6) is 1.07. The van der Waals surface area contributed by atoms with Crippen LogP contribution >= 0.6 is 11.6 Å². The zero-order valence-electron chi connectivity index (χ0n) is 14.9. The first-order valence-electron chi connectivity index (χ1n) is 8.20. The molecular weight excluding hydrogens is 376 g/mol. The first-order chi connectivity index (χ1) is 12.3. The smallest absolute Gasteiger partial charge is 0.243 e. The second-order valence-electron chi connectivity index (χ2n) is 6.36. The van der Waals surface area contributed by atoms with Crippen molar-refractivity contribution in [3.63, 3.8) is 0 Å². The molecule has 1 fully saturated rings. The molecule has 26 heavy (non-hydrogen) atoms. The Bertz CT molecular complexity index is 905. The highest BCUT2D eigenvalue weighted by Gasteiger charge is 2.35. The second kappa shape index (κ2) is 7.38. The van der Waals surface area contributed by atoms with Gasteiger partial charge in [-0.2, -0.15) is 9.29 Å². The fourth-order valence-electron chi connectivity index (χ4n) is 2.80. The van der Waals surface area contributed by atoms with Crippen molar-refractivity contribution in [2.75, 3.05) is 32.1 Å². The molecule has 0 amide bonds. The molecule has 0 N–H and O–H groups in total. The maximum atomic E-state index is 12.9. The van der Waals surface area contributed by atoms with Crippen LogP contribution in [0.4, 0.5) is 5.82 Å². The summed E-state index contributed by atoms with van der Waals surface area (Å²) in [5, 5.41) is 0.439. The van der Waals surface area contributed by atoms with E-state index in [-0.39, 0.29) is 17.5 Å². The number of hydrogen-bond donors (Lipinski definition) is 0. The van der Waals surface area contributed by atoms with Gasteiger partial charge in [0, 0.05) is 25.7 Å². The Morgan fingerprint density at radius 3 is 2.81 bits per heavy atom. The van der Waals surface area contributed by atoms with Gasteiger partial charge < -0.3 is 9.64 Å². The predicted molar refractivity (Wildman–Crippen MR) is 100 cm³/mol. The second-order valence-corrected chi connectivity index (χ2v) is 8.68. The maximum absolute atomic E-state index is 12.9. The summed E-state index contributed by atoms with van der Waals surface area (Å²) in [6.45, 7) is 2.36. The molecule has 1 aromatic carbocycles. The van der Waals surface area contributed by atoms with Crippen molar-refractivity contribution in [2.45, 2.75) is 24.3 Å². The van der Waals surface area contributed by atoms with Crippen molar-refractivity contribution in [1.82, 2.24) is 14.3 Å². The average molecular weight is 397 g/mol. The Labute approximate surface area is 158 Å². The van der Waals surface area contributed by atoms with E-state index in [2.05, 4.69) is 9.97 Å². The van der Waals surface area contributed by atoms with Gasteiger partial charge in [0.2, 0.25) is 15.9 Å². The van der Waals surface area contributed by atoms with Crippen LogP contribution in [0.1, 0.15) is 12.0 Å². The number of sulfonamides is 1. The van der Waals surface area contributed by atoms with E-state index in [9.17, 15) is 8.42 Å². The number of hydrogen-bond acceptors (Lipinski definition) is 6. The van der Waals surface area contributed by atoms with Crippen LogP contribution < -0.4 is 9.64 Å². The van der Waals surface area contributed by atoms with E-state index < -0.39 is 10.0 Å². The van der Waals surface area contributed by atoms with Gasteiger partial charge in [-0.05, 0) is 31.0 Å². The van der Waals surface area contributed by atoms with E-state index in [0.717, 1.165) is 0 Å². The van der Waals surface area contributed by atoms with E-state index in [1.165, 1.54) is 10.5 Å². The molecule has 1 saturated heterocycles. The number of benzene rings is 1. The summed E-state index contributed by atoms with van der Waals surface area (Å²) >= 11 is 6.08. The topological polar surface area (TPSA) is 75.6 Å². The third-order valence-electron chi connectivity index (χ3n) is 4.29. The minimum absolute atomic E-state index is 0.236. The maximum Gasteiger partial charge on any atom is 0.243 e. The van der Waals surface area contributed by atoms with Gasteiger partial charge in [0.25, 0.3) is 0 Å². The van der Waals surface area contributed by atoms with Crippen molar-refractivity contribution in [2.24, 2.45) is 0 Å². The number of halogens is 1. The molecule has 140 valence electrons. The van der Waals surface area contributed by atoms with Gasteiger partial charge in [0.05, 0.1) is 23.8 Å². The molecule has 2 heterocycles. The van der Waals surface area contributed by atoms with Crippen molar-refractivity contribution in [3.8, 4) is 5.88 Å². The van der Waals surface area contributed by atoms with E-state index in [0.29, 0.717) is 35.2 Å². The molecule has 1 atom stereocenters. The SMILES string of the molecule is Cc1c(Cl)cccc1S(=O)(=O)N1CCC(Oc2cncc(N(C)C)n2)C1. The van der Waals surface area contributed by atoms with Crippen LogP contribution in [0.3, 0.4) is 0 Å². The minimum atomic E-state index is -3.61. The van der Waals surface area contributed by atoms with Gasteiger partial charge in [0.1, 0.15) is 6.10 Å². The number of nitrogens with zero attached hydrogens (tertiary/aromatic N) is 4. The number of aromatic nitrogens is 2. The highest BCUT2D eigenvalue weighted by atomic mass is 35.5. The number of anilines is 1. The summed E-state index contributed by atoms with van der Waals surface area (Å²) in [7, 11) is 0.118. The molecule has 3 rings (SSSR count). The third kappa shape index (κ3) is 3.77. The average Bonchev–Trinajstić information content (AvgIpc) is 3.06. The Morgan fingerprint density at radius 1 is 1.31 bits per heavy atom. The van der Waals surface area contributed by atoms with E-state index in [4.69, 9.17) is 16.3 Å². The zero-order valence-corrected chi connectivity index (χ0v) is 16.5. The molecule has 1 aliphatic heterocycles. The monoisotopic (exact) mass is 396 g/mol. The Kier molecular flexibility index (Phi) is 5.36. The normalized spacial score (nSPS) is 18.1. The Balaban J connectivity index is 1.74. The molecule has 0 saturated carbocycles. The van der Waals surface area contributed by atoms with Crippen molar-refractivity contribution in [3.05, 3.63) is 41.2 Å². The number of ether oxygens (including phenoxy) is 1. The van der Waals surface area contributed by atoms with Gasteiger partial charge in [-0.3, -0.25) is 4.98 Å². The summed E-state index contributed by atoms with van der Waals surface area (Å²) in [6.07, 6.45) is 3.49. The van der Waals surface area contributed by atoms with Gasteiger partial charge in [-0.1, -0.05) is 17.7 Å². The lowest BCUT2D eigenvalue weighted by molar-refractivity contribution is 0.206. The molecular formula is C17H21ClN4O3S. The highest BCUT2D eigenvalue weighted by Crippen LogP contribution is 2.28. The van der Waals surface area contributed by atoms with Gasteiger partial charge >= 0.3 is 0 Å². The van der Waals surface area contributed by atoms with E-state index in [1.807, 2.05) is 19.0 Å². The lowest BCUT2D eigenvalue weighted by Gasteiger charge is -2.19. The molecule has 1 aromatic heterocycles. The summed E-state index contributed by atoms with van der Waals surface area (Å²) < 4.78 is 33.1. The highest BCUT2D eigenvalue weighted by molar-refractivity contribution is 7.89. The quantitative estimate of drug-likeness (QED) is 0.772. The van der Waals surface area contributed by atoms with Gasteiger partial charge in [0.15, 0.2) is 5.82 Å². The largest absolute Gasteiger partial charge is 0.472 e. The zero-order chi connectivity index (χ0) is 18.9. The lowest BCUT2D eigenvalue weighted by Crippen LogP contribution is -2.31. The first kappa shape index (κ1) is 18.9. The van der Waals surface area contributed by atoms with Crippen LogP contribution in [0.5, 0.6) is 5.88 Å². The molecule has 7 nitrogen and oxygen atoms in total. The van der Waals surface area contributed by atoms with Crippen LogP contribution in [0.25, 0.3) is 0 Å². The molecule has 1 aliphatic rings. The predicted octanol–water partition coefficient (Wildman–Crippen LogP) is 2.35. The van der Waals surface area contributed by atoms with Crippen LogP contribution in [0.15, 0.2) is 35.5 Å². The molecule has 9 heteroatoms. The first-order valence-corrected chi connectivity index (χ1v) is 10.0. The lowest BCUT2D eigenvalue weighted by atomic mass is 10.2. The molecule has 0 bridgehead atoms. The van der Waals surface area contributed by atoms with Gasteiger partial charge in [-0.15, -0.1) is 0 Å². The fourth-order valence-corrected chi connectivity index (χ4v) is 4.76. The summed E-state index contributed by atoms with van der Waals surface area (Å²) in [4.78, 5) is 10.5. The van der Waals surface area contributed by atoms with E-state index >= 15 is 0 Å².